The summed E-state index contributed by atoms with van der Waals surface area (Å²) in [6.45, 7) is 3.65. The summed E-state index contributed by atoms with van der Waals surface area (Å²) in [5.41, 5.74) is 4.75. The molecular weight excluding hydrogens is 402 g/mol. The van der Waals surface area contributed by atoms with Gasteiger partial charge in [0.15, 0.2) is 0 Å². The largest absolute Gasteiger partial charge is 0.333 e. The molecule has 2 atom stereocenters. The van der Waals surface area contributed by atoms with E-state index in [0.29, 0.717) is 5.82 Å². The third-order valence-corrected chi connectivity index (χ3v) is 5.91. The quantitative estimate of drug-likeness (QED) is 0.463. The van der Waals surface area contributed by atoms with Crippen LogP contribution in [-0.4, -0.2) is 57.3 Å². The Hall–Kier alpha value is -3.78. The zero-order chi connectivity index (χ0) is 22.1. The Labute approximate surface area is 186 Å². The molecule has 1 aliphatic heterocycles. The Morgan fingerprint density at radius 1 is 1.12 bits per heavy atom. The number of amides is 2. The van der Waals surface area contributed by atoms with Gasteiger partial charge in [-0.25, -0.2) is 9.78 Å². The van der Waals surface area contributed by atoms with E-state index < -0.39 is 0 Å². The van der Waals surface area contributed by atoms with Gasteiger partial charge < -0.3 is 10.2 Å². The number of pyridine rings is 2. The molecule has 1 saturated heterocycles. The number of benzene rings is 1. The number of urea groups is 1. The number of nitrogens with one attached hydrogen (secondary N) is 3. The maximum Gasteiger partial charge on any atom is 0.320 e. The number of likely N-dealkylation sites (N-methyl/N-ethyl adjacent to an activating group) is 1. The van der Waals surface area contributed by atoms with Crippen molar-refractivity contribution in [3.8, 4) is 11.3 Å². The predicted octanol–water partition coefficient (Wildman–Crippen LogP) is 3.55. The van der Waals surface area contributed by atoms with E-state index in [1.807, 2.05) is 37.3 Å². The molecule has 162 valence electrons. The number of likely N-dealkylation sites (tertiary alicyclic amines) is 1. The highest BCUT2D eigenvalue weighted by Crippen LogP contribution is 2.28. The topological polar surface area (TPSA) is 98.8 Å². The first-order valence-electron chi connectivity index (χ1n) is 10.6. The number of nitrogens with zero attached hydrogens (tertiary/aromatic N) is 4. The molecule has 4 aromatic rings. The summed E-state index contributed by atoms with van der Waals surface area (Å²) in [6.07, 6.45) is 3.50. The predicted molar refractivity (Wildman–Crippen MR) is 124 cm³/mol. The number of rotatable bonds is 4. The van der Waals surface area contributed by atoms with E-state index in [2.05, 4.69) is 54.9 Å². The smallest absolute Gasteiger partial charge is 0.320 e. The minimum atomic E-state index is -0.262. The third-order valence-electron chi connectivity index (χ3n) is 5.91. The molecule has 8 nitrogen and oxygen atoms in total. The number of anilines is 1. The maximum absolute atomic E-state index is 12.7. The van der Waals surface area contributed by atoms with Crippen molar-refractivity contribution in [2.24, 2.45) is 0 Å². The minimum Gasteiger partial charge on any atom is -0.333 e. The van der Waals surface area contributed by atoms with Crippen molar-refractivity contribution < 1.29 is 4.79 Å². The number of carbonyl (C=O) groups is 1. The van der Waals surface area contributed by atoms with Crippen molar-refractivity contribution in [2.45, 2.75) is 18.9 Å². The number of hydrogen-bond acceptors (Lipinski definition) is 5. The van der Waals surface area contributed by atoms with Gasteiger partial charge in [0.1, 0.15) is 11.5 Å². The average molecular weight is 428 g/mol. The summed E-state index contributed by atoms with van der Waals surface area (Å²) < 4.78 is 0. The lowest BCUT2D eigenvalue weighted by Gasteiger charge is -2.20. The Morgan fingerprint density at radius 2 is 1.97 bits per heavy atom. The second-order valence-electron chi connectivity index (χ2n) is 8.32. The van der Waals surface area contributed by atoms with Crippen LogP contribution >= 0.6 is 0 Å². The average Bonchev–Trinajstić information content (AvgIpc) is 3.37. The normalized spacial score (nSPS) is 18.7. The molecule has 1 aromatic carbocycles. The number of fused-ring (bicyclic) bond motifs is 1. The van der Waals surface area contributed by atoms with Gasteiger partial charge in [-0.3, -0.25) is 15.4 Å². The lowest BCUT2D eigenvalue weighted by Crippen LogP contribution is -2.42. The van der Waals surface area contributed by atoms with Gasteiger partial charge in [-0.1, -0.05) is 30.3 Å². The number of hydrogen-bond donors (Lipinski definition) is 3. The fourth-order valence-corrected chi connectivity index (χ4v) is 4.40. The Kier molecular flexibility index (Phi) is 5.28. The molecule has 1 fully saturated rings. The van der Waals surface area contributed by atoms with Crippen LogP contribution in [-0.2, 0) is 0 Å². The highest BCUT2D eigenvalue weighted by molar-refractivity contribution is 5.95. The van der Waals surface area contributed by atoms with Gasteiger partial charge in [0.05, 0.1) is 11.6 Å². The highest BCUT2D eigenvalue weighted by atomic mass is 16.2. The molecule has 4 heterocycles. The Morgan fingerprint density at radius 3 is 2.78 bits per heavy atom. The van der Waals surface area contributed by atoms with E-state index in [4.69, 9.17) is 0 Å². The lowest BCUT2D eigenvalue weighted by molar-refractivity contribution is 0.247. The van der Waals surface area contributed by atoms with E-state index in [0.717, 1.165) is 40.9 Å². The van der Waals surface area contributed by atoms with Crippen LogP contribution in [0.5, 0.6) is 0 Å². The minimum absolute atomic E-state index is 0.0276. The molecule has 32 heavy (non-hydrogen) atoms. The lowest BCUT2D eigenvalue weighted by atomic mass is 9.94. The fourth-order valence-electron chi connectivity index (χ4n) is 4.40. The second-order valence-corrected chi connectivity index (χ2v) is 8.32. The first-order chi connectivity index (χ1) is 15.6. The van der Waals surface area contributed by atoms with Crippen LogP contribution in [0.3, 0.4) is 0 Å². The number of H-pyrrole nitrogens is 1. The van der Waals surface area contributed by atoms with Crippen molar-refractivity contribution in [3.63, 3.8) is 0 Å². The summed E-state index contributed by atoms with van der Waals surface area (Å²) in [6, 6.07) is 15.8. The molecule has 0 aliphatic carbocycles. The van der Waals surface area contributed by atoms with Crippen LogP contribution in [0.4, 0.5) is 10.6 Å². The molecule has 5 rings (SSSR count). The molecule has 0 bridgehead atoms. The van der Waals surface area contributed by atoms with Gasteiger partial charge in [0, 0.05) is 54.1 Å². The zero-order valence-corrected chi connectivity index (χ0v) is 18.0. The van der Waals surface area contributed by atoms with Crippen LogP contribution in [0.2, 0.25) is 0 Å². The standard InChI is InChI=1S/C24H25N7O/c1-15-10-17(8-9-25-15)23-18-12-26-22(11-20(18)29-30-23)28-24(32)27-21-14-31(2)13-19(21)16-6-4-3-5-7-16/h3-12,19,21H,13-14H2,1-2H3,(H,29,30)(H2,26,27,28,32). The Bertz CT molecular complexity index is 1250. The number of carbonyl (C=O) groups excluding carboxylic acids is 1. The fraction of sp³-hybridized carbons (Fsp3) is 0.250. The van der Waals surface area contributed by atoms with Gasteiger partial charge >= 0.3 is 6.03 Å². The van der Waals surface area contributed by atoms with Crippen LogP contribution in [0.1, 0.15) is 17.2 Å². The molecule has 3 aromatic heterocycles. The molecular formula is C24H25N7O. The van der Waals surface area contributed by atoms with E-state index >= 15 is 0 Å². The summed E-state index contributed by atoms with van der Waals surface area (Å²) in [7, 11) is 2.07. The van der Waals surface area contributed by atoms with Crippen LogP contribution < -0.4 is 10.6 Å². The SMILES string of the molecule is Cc1cc(-c2n[nH]c3cc(NC(=O)NC4CN(C)CC4c4ccccc4)ncc23)ccn1. The van der Waals surface area contributed by atoms with Gasteiger partial charge in [0.25, 0.3) is 0 Å². The number of aromatic amines is 1. The molecule has 2 unspecified atom stereocenters. The summed E-state index contributed by atoms with van der Waals surface area (Å²) in [5, 5.41) is 14.4. The third kappa shape index (κ3) is 4.04. The van der Waals surface area contributed by atoms with Crippen LogP contribution in [0, 0.1) is 6.92 Å². The highest BCUT2D eigenvalue weighted by Gasteiger charge is 2.33. The monoisotopic (exact) mass is 427 g/mol. The molecule has 0 spiro atoms. The van der Waals surface area contributed by atoms with Gasteiger partial charge in [-0.15, -0.1) is 0 Å². The van der Waals surface area contributed by atoms with Gasteiger partial charge in [0.2, 0.25) is 0 Å². The molecule has 0 saturated carbocycles. The first kappa shape index (κ1) is 20.1. The van der Waals surface area contributed by atoms with Crippen LogP contribution in [0.15, 0.2) is 60.9 Å². The van der Waals surface area contributed by atoms with Crippen molar-refractivity contribution in [1.29, 1.82) is 0 Å². The van der Waals surface area contributed by atoms with E-state index in [-0.39, 0.29) is 18.0 Å². The molecule has 3 N–H and O–H groups in total. The van der Waals surface area contributed by atoms with Gasteiger partial charge in [-0.2, -0.15) is 5.10 Å². The van der Waals surface area contributed by atoms with Crippen molar-refractivity contribution in [1.82, 2.24) is 30.4 Å². The molecule has 2 amide bonds. The maximum atomic E-state index is 12.7. The number of aryl methyl sites for hydroxylation is 1. The summed E-state index contributed by atoms with van der Waals surface area (Å²) in [4.78, 5) is 23.6. The number of aromatic nitrogens is 4. The summed E-state index contributed by atoms with van der Waals surface area (Å²) >= 11 is 0. The second kappa shape index (κ2) is 8.39. The van der Waals surface area contributed by atoms with Crippen molar-refractivity contribution in [2.75, 3.05) is 25.5 Å². The Balaban J connectivity index is 1.31. The van der Waals surface area contributed by atoms with Crippen LogP contribution in [0.25, 0.3) is 22.2 Å². The first-order valence-corrected chi connectivity index (χ1v) is 10.6. The van der Waals surface area contributed by atoms with Crippen molar-refractivity contribution in [3.05, 3.63) is 72.2 Å². The van der Waals surface area contributed by atoms with Gasteiger partial charge in [-0.05, 0) is 31.7 Å². The summed E-state index contributed by atoms with van der Waals surface area (Å²) in [5.74, 6) is 0.722. The molecule has 1 aliphatic rings. The van der Waals surface area contributed by atoms with E-state index in [9.17, 15) is 4.79 Å². The zero-order valence-electron chi connectivity index (χ0n) is 18.0. The molecule has 8 heteroatoms. The van der Waals surface area contributed by atoms with E-state index in [1.54, 1.807) is 18.5 Å². The molecule has 0 radical (unpaired) electrons. The van der Waals surface area contributed by atoms with Crippen molar-refractivity contribution >= 4 is 22.8 Å². The van der Waals surface area contributed by atoms with E-state index in [1.165, 1.54) is 5.56 Å².